The van der Waals surface area contributed by atoms with Gasteiger partial charge in [0.2, 0.25) is 5.84 Å². The molecule has 0 saturated carbocycles. The Hall–Kier alpha value is -2.38. The summed E-state index contributed by atoms with van der Waals surface area (Å²) in [6.07, 6.45) is -1.71. The molecule has 0 amide bonds. The van der Waals surface area contributed by atoms with Crippen molar-refractivity contribution >= 4 is 17.5 Å². The van der Waals surface area contributed by atoms with Gasteiger partial charge in [0, 0.05) is 25.9 Å². The summed E-state index contributed by atoms with van der Waals surface area (Å²) >= 11 is 0. The molecule has 1 aromatic carbocycles. The van der Waals surface area contributed by atoms with Crippen molar-refractivity contribution in [2.24, 2.45) is 5.10 Å². The van der Waals surface area contributed by atoms with Gasteiger partial charge in [-0.1, -0.05) is 29.8 Å². The summed E-state index contributed by atoms with van der Waals surface area (Å²) in [4.78, 5) is 2.01. The highest BCUT2D eigenvalue weighted by molar-refractivity contribution is 6.02. The van der Waals surface area contributed by atoms with E-state index in [0.717, 1.165) is 25.9 Å². The zero-order chi connectivity index (χ0) is 19.6. The Morgan fingerprint density at radius 2 is 1.74 bits per heavy atom. The zero-order valence-corrected chi connectivity index (χ0v) is 15.3. The Balaban J connectivity index is 1.71. The second kappa shape index (κ2) is 7.70. The van der Waals surface area contributed by atoms with E-state index in [-0.39, 0.29) is 12.3 Å². The first-order valence-electron chi connectivity index (χ1n) is 9.18. The summed E-state index contributed by atoms with van der Waals surface area (Å²) in [5.74, 6) is -0.881. The van der Waals surface area contributed by atoms with Crippen LogP contribution in [0.15, 0.2) is 29.4 Å². The lowest BCUT2D eigenvalue weighted by atomic mass is 9.89. The first-order valence-corrected chi connectivity index (χ1v) is 9.18. The number of nitrogens with zero attached hydrogens (tertiary/aromatic N) is 3. The molecule has 1 aromatic rings. The van der Waals surface area contributed by atoms with Crippen molar-refractivity contribution in [1.82, 2.24) is 9.91 Å². The van der Waals surface area contributed by atoms with E-state index in [9.17, 15) is 13.2 Å². The summed E-state index contributed by atoms with van der Waals surface area (Å²) in [5.41, 5.74) is 2.52. The average Bonchev–Trinajstić information content (AvgIpc) is 2.83. The molecule has 2 N–H and O–H groups in total. The van der Waals surface area contributed by atoms with Gasteiger partial charge in [-0.25, -0.2) is 0 Å². The maximum absolute atomic E-state index is 12.9. The number of piperidine rings is 1. The minimum absolute atomic E-state index is 0.186. The largest absolute Gasteiger partial charge is 0.451 e. The van der Waals surface area contributed by atoms with Crippen molar-refractivity contribution in [1.29, 1.82) is 10.8 Å². The fraction of sp³-hybridized carbons (Fsp3) is 0.526. The van der Waals surface area contributed by atoms with Gasteiger partial charge in [0.05, 0.1) is 0 Å². The van der Waals surface area contributed by atoms with Gasteiger partial charge in [-0.3, -0.25) is 10.8 Å². The zero-order valence-electron chi connectivity index (χ0n) is 15.3. The minimum Gasteiger partial charge on any atom is -0.359 e. The van der Waals surface area contributed by atoms with Gasteiger partial charge >= 0.3 is 6.18 Å². The van der Waals surface area contributed by atoms with Crippen LogP contribution in [-0.4, -0.2) is 46.7 Å². The van der Waals surface area contributed by atoms with Crippen molar-refractivity contribution in [3.8, 4) is 0 Å². The Bertz CT molecular complexity index is 731. The Labute approximate surface area is 156 Å². The predicted molar refractivity (Wildman–Crippen MR) is 99.4 cm³/mol. The van der Waals surface area contributed by atoms with E-state index in [2.05, 4.69) is 36.3 Å². The number of aryl methyl sites for hydroxylation is 1. The topological polar surface area (TPSA) is 66.5 Å². The van der Waals surface area contributed by atoms with Crippen LogP contribution in [0.2, 0.25) is 0 Å². The molecule has 5 nitrogen and oxygen atoms in total. The molecule has 0 unspecified atom stereocenters. The van der Waals surface area contributed by atoms with Gasteiger partial charge in [0.1, 0.15) is 11.7 Å². The number of hydrogen-bond acceptors (Lipinski definition) is 4. The van der Waals surface area contributed by atoms with Crippen LogP contribution in [0.25, 0.3) is 0 Å². The van der Waals surface area contributed by atoms with E-state index in [0.29, 0.717) is 29.6 Å². The van der Waals surface area contributed by atoms with E-state index in [1.807, 2.05) is 4.90 Å². The number of nitrogens with one attached hydrogen (secondary N) is 2. The van der Waals surface area contributed by atoms with Gasteiger partial charge in [0.25, 0.3) is 0 Å². The molecule has 2 heterocycles. The molecule has 0 atom stereocenters. The smallest absolute Gasteiger partial charge is 0.359 e. The average molecular weight is 379 g/mol. The summed E-state index contributed by atoms with van der Waals surface area (Å²) in [6, 6.07) is 8.49. The Morgan fingerprint density at radius 3 is 2.33 bits per heavy atom. The van der Waals surface area contributed by atoms with Crippen molar-refractivity contribution < 1.29 is 13.2 Å². The molecule has 8 heteroatoms. The van der Waals surface area contributed by atoms with Crippen LogP contribution < -0.4 is 0 Å². The van der Waals surface area contributed by atoms with Gasteiger partial charge in [-0.15, -0.1) is 0 Å². The highest BCUT2D eigenvalue weighted by Crippen LogP contribution is 2.30. The number of benzene rings is 1. The van der Waals surface area contributed by atoms with Crippen LogP contribution in [-0.2, 0) is 0 Å². The predicted octanol–water partition coefficient (Wildman–Crippen LogP) is 4.49. The monoisotopic (exact) mass is 379 g/mol. The third-order valence-electron chi connectivity index (χ3n) is 5.17. The SMILES string of the molecule is Cc1ccc(C2CCN(C3=NN(C(=N)C(F)(F)F)C(=N)CCC3)CC2)cc1. The molecule has 3 rings (SSSR count). The van der Waals surface area contributed by atoms with E-state index in [4.69, 9.17) is 10.8 Å². The molecular weight excluding hydrogens is 355 g/mol. The van der Waals surface area contributed by atoms with Gasteiger partial charge in [-0.2, -0.15) is 23.3 Å². The van der Waals surface area contributed by atoms with E-state index >= 15 is 0 Å². The molecule has 27 heavy (non-hydrogen) atoms. The normalized spacial score (nSPS) is 19.7. The highest BCUT2D eigenvalue weighted by atomic mass is 19.4. The summed E-state index contributed by atoms with van der Waals surface area (Å²) in [5, 5.41) is 19.7. The lowest BCUT2D eigenvalue weighted by Gasteiger charge is -2.34. The summed E-state index contributed by atoms with van der Waals surface area (Å²) in [6.45, 7) is 3.49. The van der Waals surface area contributed by atoms with Crippen molar-refractivity contribution in [2.45, 2.75) is 51.1 Å². The number of halogens is 3. The van der Waals surface area contributed by atoms with Gasteiger partial charge in [-0.05, 0) is 37.7 Å². The lowest BCUT2D eigenvalue weighted by molar-refractivity contribution is -0.0670. The molecule has 1 saturated heterocycles. The van der Waals surface area contributed by atoms with Crippen LogP contribution >= 0.6 is 0 Å². The van der Waals surface area contributed by atoms with E-state index in [1.54, 1.807) is 0 Å². The highest BCUT2D eigenvalue weighted by Gasteiger charge is 2.41. The van der Waals surface area contributed by atoms with E-state index in [1.165, 1.54) is 11.1 Å². The number of hydrazone groups is 1. The summed E-state index contributed by atoms with van der Waals surface area (Å²) in [7, 11) is 0. The molecule has 2 aliphatic rings. The third-order valence-corrected chi connectivity index (χ3v) is 5.17. The standard InChI is InChI=1S/C19H24F3N5/c1-13-5-7-14(8-6-13)15-9-11-26(12-10-15)17-4-2-3-16(23)27(25-17)18(24)19(20,21)22/h5-8,15,23-24H,2-4,9-12H2,1H3. The molecule has 146 valence electrons. The number of likely N-dealkylation sites (tertiary alicyclic amines) is 1. The molecule has 0 spiro atoms. The maximum Gasteiger partial charge on any atom is 0.451 e. The van der Waals surface area contributed by atoms with Crippen molar-refractivity contribution in [3.63, 3.8) is 0 Å². The van der Waals surface area contributed by atoms with E-state index < -0.39 is 12.0 Å². The number of hydrogen-bond donors (Lipinski definition) is 2. The first-order chi connectivity index (χ1) is 12.8. The molecule has 1 fully saturated rings. The Morgan fingerprint density at radius 1 is 1.11 bits per heavy atom. The second-order valence-corrected chi connectivity index (χ2v) is 7.15. The van der Waals surface area contributed by atoms with Gasteiger partial charge < -0.3 is 4.90 Å². The molecule has 0 radical (unpaired) electrons. The molecule has 0 aliphatic carbocycles. The fourth-order valence-corrected chi connectivity index (χ4v) is 3.58. The molecule has 0 bridgehead atoms. The van der Waals surface area contributed by atoms with Crippen LogP contribution in [0, 0.1) is 17.7 Å². The number of rotatable bonds is 1. The van der Waals surface area contributed by atoms with Crippen LogP contribution in [0.1, 0.15) is 49.1 Å². The maximum atomic E-state index is 12.9. The van der Waals surface area contributed by atoms with Gasteiger partial charge in [0.15, 0.2) is 0 Å². The minimum atomic E-state index is -4.82. The Kier molecular flexibility index (Phi) is 5.53. The fourth-order valence-electron chi connectivity index (χ4n) is 3.58. The quantitative estimate of drug-likeness (QED) is 0.558. The number of amidine groups is 3. The van der Waals surface area contributed by atoms with Crippen LogP contribution in [0.4, 0.5) is 13.2 Å². The van der Waals surface area contributed by atoms with Crippen molar-refractivity contribution in [3.05, 3.63) is 35.4 Å². The van der Waals surface area contributed by atoms with Crippen LogP contribution in [0.3, 0.4) is 0 Å². The third kappa shape index (κ3) is 4.48. The first kappa shape index (κ1) is 19.4. The van der Waals surface area contributed by atoms with Crippen LogP contribution in [0.5, 0.6) is 0 Å². The number of alkyl halides is 3. The van der Waals surface area contributed by atoms with Crippen molar-refractivity contribution in [2.75, 3.05) is 13.1 Å². The second-order valence-electron chi connectivity index (χ2n) is 7.15. The summed E-state index contributed by atoms with van der Waals surface area (Å²) < 4.78 is 38.8. The molecule has 2 aliphatic heterocycles. The molecule has 0 aromatic heterocycles. The molecular formula is C19H24F3N5. The lowest BCUT2D eigenvalue weighted by Crippen LogP contribution is -2.43.